The number of anilines is 4. The van der Waals surface area contributed by atoms with Crippen LogP contribution in [0.3, 0.4) is 0 Å². The first-order valence-electron chi connectivity index (χ1n) is 41.6. The van der Waals surface area contributed by atoms with Gasteiger partial charge in [-0.1, -0.05) is 191 Å². The minimum absolute atomic E-state index is 0.0865. The molecule has 4 aromatic heterocycles. The van der Waals surface area contributed by atoms with Gasteiger partial charge in [0.1, 0.15) is 29.1 Å². The van der Waals surface area contributed by atoms with E-state index in [4.69, 9.17) is 46.1 Å². The molecule has 0 aliphatic carbocycles. The number of piperazine rings is 1. The molecule has 1 amide bonds. The maximum atomic E-state index is 12.9. The number of hydrogen-bond donors (Lipinski definition) is 6. The summed E-state index contributed by atoms with van der Waals surface area (Å²) in [7, 11) is 6.20. The van der Waals surface area contributed by atoms with Gasteiger partial charge in [-0.25, -0.2) is 19.9 Å². The number of carbonyl (C=O) groups excluding carboxylic acids is 3. The van der Waals surface area contributed by atoms with Gasteiger partial charge in [0.15, 0.2) is 11.6 Å². The third-order valence-corrected chi connectivity index (χ3v) is 22.1. The summed E-state index contributed by atoms with van der Waals surface area (Å²) >= 11 is 12.3. The lowest BCUT2D eigenvalue weighted by Gasteiger charge is -2.32. The summed E-state index contributed by atoms with van der Waals surface area (Å²) in [5.74, 6) is 28.0. The topological polar surface area (TPSA) is 256 Å². The maximum Gasteiger partial charge on any atom is 0.251 e. The van der Waals surface area contributed by atoms with E-state index < -0.39 is 0 Å². The van der Waals surface area contributed by atoms with Crippen molar-refractivity contribution in [2.24, 2.45) is 4.99 Å². The first kappa shape index (κ1) is 87.6. The first-order chi connectivity index (χ1) is 59.7. The van der Waals surface area contributed by atoms with Gasteiger partial charge in [0, 0.05) is 181 Å². The van der Waals surface area contributed by atoms with Gasteiger partial charge < -0.3 is 48.3 Å². The molecule has 0 radical (unpaired) electrons. The molecule has 3 aliphatic rings. The smallest absolute Gasteiger partial charge is 0.251 e. The number of amidine groups is 1. The number of nitrogens with zero attached hydrogens (tertiary/aromatic N) is 9. The number of unbranched alkanes of at least 4 members (excludes halogenated alkanes) is 1. The standard InChI is InChI=1S/C31H29ClN4O.C27H28ClN3O.C24H26N4O.C21H18N4/c1-35-14-16-36(17-15-35)21-24-4-2-23(3-5-24)18-30(37)25-9-6-22(7-10-25)8-13-28-29-19-27(32)12-11-26(29)20-34-31(28)33;28-23-13-12-22-19-30-27(29)24(25(22)18-23)14-9-20-7-10-21(11-8-20)26(32)6-2-5-17-31-15-3-1-4-16-31;1-17-8-10-20-16-27-23(25)21(22(20)14-17)11-9-18-6-4-7-19(15-18)24(29)26-12-5-13-28(2)3;1-14-2-6-17-13-25-20(22)18(19(17)12-14)9-5-15-3-7-16(8-4-15)21-23-10-11-24-21/h2-7,9-12,19-20H,14-18,21H2,1H3,(H2,33,34);7-8,10-13,18-19H,1-6,15-17H2,(H2,29,30);4,6-8,10,14-16H,5,12-13H2,1-3H3,(H2,25,27)(H,26,29);2-4,6-8,12-13H,10-11H2,1H3,(H2,22,25)(H,23,24). The Kier molecular flexibility index (Phi) is 30.5. The molecule has 10 N–H and O–H groups in total. The molecular weight excluding hydrogens is 1570 g/mol. The number of nitrogens with one attached hydrogen (secondary N) is 2. The highest BCUT2D eigenvalue weighted by atomic mass is 35.5. The molecule has 0 atom stereocenters. The molecule has 123 heavy (non-hydrogen) atoms. The molecule has 2 saturated heterocycles. The van der Waals surface area contributed by atoms with Crippen molar-refractivity contribution in [2.75, 3.05) is 116 Å². The average Bonchev–Trinajstić information content (AvgIpc) is 1.39. The van der Waals surface area contributed by atoms with Crippen molar-refractivity contribution < 1.29 is 14.4 Å². The van der Waals surface area contributed by atoms with Crippen LogP contribution in [0.25, 0.3) is 43.1 Å². The fraction of sp³-hybridized carbons (Fsp3) is 0.243. The quantitative estimate of drug-likeness (QED) is 0.0281. The molecule has 0 spiro atoms. The molecule has 20 heteroatoms. The Morgan fingerprint density at radius 3 is 1.41 bits per heavy atom. The summed E-state index contributed by atoms with van der Waals surface area (Å²) in [6, 6.07) is 62.2. The van der Waals surface area contributed by atoms with Crippen molar-refractivity contribution in [2.45, 2.75) is 71.8 Å². The SMILES string of the molecule is CN1CCN(Cc2ccc(CC(=O)c3ccc(C#Cc4c(N)ncc5ccc(Cl)cc45)cc3)cc2)CC1.Cc1ccc2cnc(N)c(C#Cc3ccc(C4=NCCN4)cc3)c2c1.Cc1ccc2cnc(N)c(C#Cc3cccc(C(=O)NCCCN(C)C)c3)c2c1.Nc1ncc2ccc(Cl)cc2c1C#Cc1ccc(C(=O)CCCCN2CCCCC2)cc1. The van der Waals surface area contributed by atoms with Crippen molar-refractivity contribution >= 4 is 113 Å². The molecular formula is C103H101Cl2N15O3. The largest absolute Gasteiger partial charge is 0.383 e. The maximum absolute atomic E-state index is 12.9. The highest BCUT2D eigenvalue weighted by Gasteiger charge is 2.18. The zero-order valence-corrected chi connectivity index (χ0v) is 71.8. The van der Waals surface area contributed by atoms with E-state index in [1.54, 1.807) is 36.9 Å². The van der Waals surface area contributed by atoms with Crippen LogP contribution in [-0.4, -0.2) is 156 Å². The predicted octanol–water partition coefficient (Wildman–Crippen LogP) is 16.8. The Balaban J connectivity index is 0.000000142. The van der Waals surface area contributed by atoms with Crippen LogP contribution in [0.5, 0.6) is 0 Å². The van der Waals surface area contributed by atoms with E-state index in [0.717, 1.165) is 177 Å². The van der Waals surface area contributed by atoms with Gasteiger partial charge in [-0.2, -0.15) is 0 Å². The van der Waals surface area contributed by atoms with Gasteiger partial charge in [-0.3, -0.25) is 24.3 Å². The van der Waals surface area contributed by atoms with Crippen LogP contribution >= 0.6 is 23.2 Å². The Morgan fingerprint density at radius 1 is 0.463 bits per heavy atom. The number of hydrogen-bond acceptors (Lipinski definition) is 17. The fourth-order valence-corrected chi connectivity index (χ4v) is 15.0. The number of halogens is 2. The summed E-state index contributed by atoms with van der Waals surface area (Å²) in [6.45, 7) is 16.3. The lowest BCUT2D eigenvalue weighted by molar-refractivity contribution is 0.0949. The normalized spacial score (nSPS) is 13.2. The number of aromatic nitrogens is 4. The molecule has 9 aromatic carbocycles. The minimum atomic E-state index is -0.0885. The lowest BCUT2D eigenvalue weighted by atomic mass is 10.0. The minimum Gasteiger partial charge on any atom is -0.383 e. The van der Waals surface area contributed by atoms with Crippen LogP contribution in [0.1, 0.15) is 148 Å². The van der Waals surface area contributed by atoms with E-state index in [1.165, 1.54) is 43.5 Å². The van der Waals surface area contributed by atoms with Gasteiger partial charge in [0.2, 0.25) is 0 Å². The molecule has 620 valence electrons. The van der Waals surface area contributed by atoms with E-state index in [9.17, 15) is 14.4 Å². The second kappa shape index (κ2) is 42.8. The van der Waals surface area contributed by atoms with Gasteiger partial charge >= 0.3 is 0 Å². The molecule has 16 rings (SSSR count). The van der Waals surface area contributed by atoms with E-state index in [0.29, 0.717) is 80.5 Å². The Hall–Kier alpha value is -13.2. The zero-order chi connectivity index (χ0) is 86.1. The number of amides is 1. The monoisotopic (exact) mass is 1670 g/mol. The number of nitrogen functional groups attached to an aromatic ring is 4. The molecule has 13 aromatic rings. The van der Waals surface area contributed by atoms with E-state index in [-0.39, 0.29) is 17.5 Å². The lowest BCUT2D eigenvalue weighted by Crippen LogP contribution is -2.43. The van der Waals surface area contributed by atoms with E-state index in [2.05, 4.69) is 159 Å². The number of piperidine rings is 1. The van der Waals surface area contributed by atoms with Crippen molar-refractivity contribution in [3.63, 3.8) is 0 Å². The highest BCUT2D eigenvalue weighted by Crippen LogP contribution is 2.30. The summed E-state index contributed by atoms with van der Waals surface area (Å²) in [5, 5.41) is 15.2. The number of nitrogens with two attached hydrogens (primary N) is 4. The number of benzene rings is 9. The third-order valence-electron chi connectivity index (χ3n) is 21.7. The molecule has 3 aliphatic heterocycles. The van der Waals surface area contributed by atoms with Crippen molar-refractivity contribution in [1.29, 1.82) is 0 Å². The molecule has 0 saturated carbocycles. The highest BCUT2D eigenvalue weighted by molar-refractivity contribution is 6.32. The van der Waals surface area contributed by atoms with Gasteiger partial charge in [-0.05, 0) is 195 Å². The number of likely N-dealkylation sites (N-methyl/N-ethyl adjacent to an activating group) is 1. The summed E-state index contributed by atoms with van der Waals surface area (Å²) in [4.78, 5) is 68.7. The van der Waals surface area contributed by atoms with Crippen molar-refractivity contribution in [1.82, 2.24) is 50.2 Å². The fourth-order valence-electron chi connectivity index (χ4n) is 14.6. The van der Waals surface area contributed by atoms with Gasteiger partial charge in [-0.15, -0.1) is 0 Å². The van der Waals surface area contributed by atoms with Crippen LogP contribution < -0.4 is 33.6 Å². The predicted molar refractivity (Wildman–Crippen MR) is 504 cm³/mol. The Bertz CT molecular complexity index is 6270. The number of ketones is 2. The van der Waals surface area contributed by atoms with Crippen molar-refractivity contribution in [3.8, 4) is 47.4 Å². The van der Waals surface area contributed by atoms with Crippen LogP contribution in [0, 0.1) is 61.2 Å². The van der Waals surface area contributed by atoms with Gasteiger partial charge in [0.25, 0.3) is 5.91 Å². The first-order valence-corrected chi connectivity index (χ1v) is 42.4. The molecule has 0 unspecified atom stereocenters. The molecule has 18 nitrogen and oxygen atoms in total. The summed E-state index contributed by atoms with van der Waals surface area (Å²) < 4.78 is 0. The number of likely N-dealkylation sites (tertiary alicyclic amines) is 1. The van der Waals surface area contributed by atoms with E-state index >= 15 is 0 Å². The number of rotatable bonds is 17. The van der Waals surface area contributed by atoms with Gasteiger partial charge in [0.05, 0.1) is 28.8 Å². The van der Waals surface area contributed by atoms with Crippen LogP contribution in [0.15, 0.2) is 224 Å². The van der Waals surface area contributed by atoms with Crippen LogP contribution in [0.4, 0.5) is 23.3 Å². The second-order valence-corrected chi connectivity index (χ2v) is 32.3. The average molecular weight is 1670 g/mol. The zero-order valence-electron chi connectivity index (χ0n) is 70.2. The molecule has 0 bridgehead atoms. The number of aliphatic imine (C=N–C) groups is 1. The number of aryl methyl sites for hydroxylation is 2. The summed E-state index contributed by atoms with van der Waals surface area (Å²) in [5.41, 5.74) is 38.2. The number of Topliss-reactive ketones (excluding diaryl/α,β-unsaturated/α-hetero) is 2. The van der Waals surface area contributed by atoms with Crippen LogP contribution in [-0.2, 0) is 13.0 Å². The Morgan fingerprint density at radius 2 is 0.927 bits per heavy atom. The number of fused-ring (bicyclic) bond motifs is 4. The summed E-state index contributed by atoms with van der Waals surface area (Å²) in [6.07, 6.45) is 14.9. The van der Waals surface area contributed by atoms with Crippen LogP contribution in [0.2, 0.25) is 10.0 Å². The number of pyridine rings is 4. The molecule has 7 heterocycles. The molecule has 2 fully saturated rings. The van der Waals surface area contributed by atoms with E-state index in [1.807, 2.05) is 161 Å². The van der Waals surface area contributed by atoms with Crippen molar-refractivity contribution in [3.05, 3.63) is 318 Å². The second-order valence-electron chi connectivity index (χ2n) is 31.4. The Labute approximate surface area is 730 Å². The third kappa shape index (κ3) is 24.8. The number of carbonyl (C=O) groups is 3.